The third kappa shape index (κ3) is 4.73. The molecule has 0 saturated heterocycles. The number of amides is 1. The Morgan fingerprint density at radius 2 is 2.09 bits per heavy atom. The van der Waals surface area contributed by atoms with Gasteiger partial charge in [-0.1, -0.05) is 12.1 Å². The van der Waals surface area contributed by atoms with Gasteiger partial charge in [0, 0.05) is 35.0 Å². The standard InChI is InChI=1S/C16H16N2O4S/c19-11-3-10-17-16(20)9-7-12-6-8-15(23-12)13-4-1-2-5-14(13)18(21)22/h1-2,4-9,19H,3,10-11H2,(H,17,20)/b9-7+. The van der Waals surface area contributed by atoms with Crippen LogP contribution in [-0.2, 0) is 4.79 Å². The predicted octanol–water partition coefficient (Wildman–Crippen LogP) is 2.84. The molecule has 0 aliphatic rings. The number of nitro benzene ring substituents is 1. The van der Waals surface area contributed by atoms with Crippen molar-refractivity contribution in [3.63, 3.8) is 0 Å². The first-order valence-electron chi connectivity index (χ1n) is 7.02. The van der Waals surface area contributed by atoms with E-state index in [4.69, 9.17) is 5.11 Å². The van der Waals surface area contributed by atoms with Crippen LogP contribution in [0.3, 0.4) is 0 Å². The molecule has 2 rings (SSSR count). The average molecular weight is 332 g/mol. The van der Waals surface area contributed by atoms with Crippen LogP contribution in [0.25, 0.3) is 16.5 Å². The molecular weight excluding hydrogens is 316 g/mol. The number of carbonyl (C=O) groups excluding carboxylic acids is 1. The zero-order valence-electron chi connectivity index (χ0n) is 12.3. The van der Waals surface area contributed by atoms with Crippen molar-refractivity contribution in [3.05, 3.63) is 57.5 Å². The summed E-state index contributed by atoms with van der Waals surface area (Å²) in [7, 11) is 0. The number of nitro groups is 1. The first-order chi connectivity index (χ1) is 11.1. The molecule has 2 aromatic rings. The van der Waals surface area contributed by atoms with E-state index in [9.17, 15) is 14.9 Å². The molecule has 2 N–H and O–H groups in total. The van der Waals surface area contributed by atoms with Gasteiger partial charge in [0.1, 0.15) is 0 Å². The fraction of sp³-hybridized carbons (Fsp3) is 0.188. The Bertz CT molecular complexity index is 724. The highest BCUT2D eigenvalue weighted by atomic mass is 32.1. The van der Waals surface area contributed by atoms with E-state index < -0.39 is 4.92 Å². The SMILES string of the molecule is O=C(/C=C/c1ccc(-c2ccccc2[N+](=O)[O-])s1)NCCCO. The fourth-order valence-corrected chi connectivity index (χ4v) is 2.88. The Labute approximate surface area is 137 Å². The van der Waals surface area contributed by atoms with Gasteiger partial charge in [-0.3, -0.25) is 14.9 Å². The largest absolute Gasteiger partial charge is 0.396 e. The van der Waals surface area contributed by atoms with Crippen LogP contribution >= 0.6 is 11.3 Å². The summed E-state index contributed by atoms with van der Waals surface area (Å²) in [6.07, 6.45) is 3.59. The van der Waals surface area contributed by atoms with Gasteiger partial charge in [0.05, 0.1) is 10.5 Å². The molecule has 1 aromatic heterocycles. The van der Waals surface area contributed by atoms with E-state index >= 15 is 0 Å². The minimum absolute atomic E-state index is 0.0358. The molecule has 0 bridgehead atoms. The second-order valence-corrected chi connectivity index (χ2v) is 5.79. The summed E-state index contributed by atoms with van der Waals surface area (Å²) in [6.45, 7) is 0.458. The van der Waals surface area contributed by atoms with Crippen molar-refractivity contribution in [2.24, 2.45) is 0 Å². The van der Waals surface area contributed by atoms with Gasteiger partial charge in [-0.05, 0) is 30.7 Å². The van der Waals surface area contributed by atoms with E-state index in [1.165, 1.54) is 23.5 Å². The summed E-state index contributed by atoms with van der Waals surface area (Å²) in [5.74, 6) is -0.237. The van der Waals surface area contributed by atoms with Gasteiger partial charge < -0.3 is 10.4 Å². The third-order valence-electron chi connectivity index (χ3n) is 3.03. The van der Waals surface area contributed by atoms with Crippen LogP contribution < -0.4 is 5.32 Å². The van der Waals surface area contributed by atoms with Crippen LogP contribution in [0.2, 0.25) is 0 Å². The third-order valence-corrected chi connectivity index (χ3v) is 4.11. The molecule has 23 heavy (non-hydrogen) atoms. The molecule has 0 spiro atoms. The van der Waals surface area contributed by atoms with Gasteiger partial charge in [-0.15, -0.1) is 11.3 Å². The molecular formula is C16H16N2O4S. The smallest absolute Gasteiger partial charge is 0.278 e. The maximum Gasteiger partial charge on any atom is 0.278 e. The number of rotatable bonds is 7. The maximum absolute atomic E-state index is 11.5. The van der Waals surface area contributed by atoms with Crippen LogP contribution in [0.1, 0.15) is 11.3 Å². The second-order valence-electron chi connectivity index (χ2n) is 4.68. The molecule has 0 aliphatic carbocycles. The summed E-state index contributed by atoms with van der Waals surface area (Å²) < 4.78 is 0. The lowest BCUT2D eigenvalue weighted by molar-refractivity contribution is -0.384. The lowest BCUT2D eigenvalue weighted by atomic mass is 10.1. The Hall–Kier alpha value is -2.51. The first kappa shape index (κ1) is 16.9. The van der Waals surface area contributed by atoms with Crippen LogP contribution in [0, 0.1) is 10.1 Å². The maximum atomic E-state index is 11.5. The molecule has 120 valence electrons. The monoisotopic (exact) mass is 332 g/mol. The van der Waals surface area contributed by atoms with E-state index in [0.29, 0.717) is 18.5 Å². The first-order valence-corrected chi connectivity index (χ1v) is 7.84. The molecule has 1 aromatic carbocycles. The van der Waals surface area contributed by atoms with E-state index in [2.05, 4.69) is 5.32 Å². The highest BCUT2D eigenvalue weighted by Crippen LogP contribution is 2.34. The number of nitrogens with zero attached hydrogens (tertiary/aromatic N) is 1. The lowest BCUT2D eigenvalue weighted by Gasteiger charge is -1.99. The molecule has 0 fully saturated rings. The average Bonchev–Trinajstić information content (AvgIpc) is 3.02. The Morgan fingerprint density at radius 3 is 2.83 bits per heavy atom. The van der Waals surface area contributed by atoms with Crippen LogP contribution in [0.4, 0.5) is 5.69 Å². The van der Waals surface area contributed by atoms with Gasteiger partial charge in [0.25, 0.3) is 5.69 Å². The number of hydrogen-bond acceptors (Lipinski definition) is 5. The molecule has 1 heterocycles. The van der Waals surface area contributed by atoms with Crippen molar-refractivity contribution in [2.75, 3.05) is 13.2 Å². The van der Waals surface area contributed by atoms with E-state index in [1.807, 2.05) is 6.07 Å². The number of benzene rings is 1. The van der Waals surface area contributed by atoms with Gasteiger partial charge in [-0.25, -0.2) is 0 Å². The predicted molar refractivity (Wildman–Crippen MR) is 90.2 cm³/mol. The highest BCUT2D eigenvalue weighted by molar-refractivity contribution is 7.16. The van der Waals surface area contributed by atoms with E-state index in [1.54, 1.807) is 30.3 Å². The lowest BCUT2D eigenvalue weighted by Crippen LogP contribution is -2.22. The number of para-hydroxylation sites is 1. The number of carbonyl (C=O) groups is 1. The Balaban J connectivity index is 2.09. The summed E-state index contributed by atoms with van der Waals surface area (Å²) in [6, 6.07) is 10.2. The van der Waals surface area contributed by atoms with Gasteiger partial charge in [-0.2, -0.15) is 0 Å². The van der Waals surface area contributed by atoms with E-state index in [0.717, 1.165) is 9.75 Å². The van der Waals surface area contributed by atoms with Gasteiger partial charge in [0.2, 0.25) is 5.91 Å². The van der Waals surface area contributed by atoms with Crippen molar-refractivity contribution in [1.82, 2.24) is 5.32 Å². The van der Waals surface area contributed by atoms with Gasteiger partial charge >= 0.3 is 0 Å². The molecule has 7 heteroatoms. The van der Waals surface area contributed by atoms with Crippen LogP contribution in [0.15, 0.2) is 42.5 Å². The summed E-state index contributed by atoms with van der Waals surface area (Å²) in [4.78, 5) is 23.8. The van der Waals surface area contributed by atoms with Crippen molar-refractivity contribution < 1.29 is 14.8 Å². The molecule has 1 amide bonds. The number of aliphatic hydroxyl groups is 1. The van der Waals surface area contributed by atoms with Crippen LogP contribution in [0.5, 0.6) is 0 Å². The second kappa shape index (κ2) is 8.21. The summed E-state index contributed by atoms with van der Waals surface area (Å²) >= 11 is 1.38. The minimum Gasteiger partial charge on any atom is -0.396 e. The topological polar surface area (TPSA) is 92.5 Å². The van der Waals surface area contributed by atoms with Crippen molar-refractivity contribution >= 4 is 29.0 Å². The Morgan fingerprint density at radius 1 is 1.30 bits per heavy atom. The number of aliphatic hydroxyl groups excluding tert-OH is 1. The van der Waals surface area contributed by atoms with Crippen LogP contribution in [-0.4, -0.2) is 29.1 Å². The highest BCUT2D eigenvalue weighted by Gasteiger charge is 2.15. The minimum atomic E-state index is -0.404. The zero-order chi connectivity index (χ0) is 16.7. The van der Waals surface area contributed by atoms with Crippen molar-refractivity contribution in [1.29, 1.82) is 0 Å². The fourth-order valence-electron chi connectivity index (χ4n) is 1.94. The molecule has 6 nitrogen and oxygen atoms in total. The molecule has 0 aliphatic heterocycles. The molecule has 0 radical (unpaired) electrons. The molecule has 0 atom stereocenters. The Kier molecular flexibility index (Phi) is 6.02. The summed E-state index contributed by atoms with van der Waals surface area (Å²) in [5.41, 5.74) is 0.626. The van der Waals surface area contributed by atoms with Gasteiger partial charge in [0.15, 0.2) is 0 Å². The quantitative estimate of drug-likeness (QED) is 0.353. The molecule has 0 unspecified atom stereocenters. The number of thiophene rings is 1. The molecule has 0 saturated carbocycles. The number of nitrogens with one attached hydrogen (secondary N) is 1. The normalized spacial score (nSPS) is 10.8. The number of hydrogen-bond donors (Lipinski definition) is 2. The van der Waals surface area contributed by atoms with Crippen molar-refractivity contribution in [2.45, 2.75) is 6.42 Å². The summed E-state index contributed by atoms with van der Waals surface area (Å²) in [5, 5.41) is 22.4. The van der Waals surface area contributed by atoms with Crippen molar-refractivity contribution in [3.8, 4) is 10.4 Å². The van der Waals surface area contributed by atoms with E-state index in [-0.39, 0.29) is 18.2 Å². The zero-order valence-corrected chi connectivity index (χ0v) is 13.1.